The van der Waals surface area contributed by atoms with Gasteiger partial charge in [0.2, 0.25) is 0 Å². The Hall–Kier alpha value is -3.85. The molecule has 3 aromatic carbocycles. The van der Waals surface area contributed by atoms with E-state index in [9.17, 15) is 0 Å². The number of rotatable bonds is 3. The molecule has 5 aromatic rings. The van der Waals surface area contributed by atoms with Crippen LogP contribution in [0.15, 0.2) is 103 Å². The lowest BCUT2D eigenvalue weighted by molar-refractivity contribution is 1.29. The second-order valence-electron chi connectivity index (χ2n) is 6.56. The van der Waals surface area contributed by atoms with Crippen LogP contribution in [0.1, 0.15) is 0 Å². The fourth-order valence-electron chi connectivity index (χ4n) is 3.45. The van der Waals surface area contributed by atoms with E-state index in [2.05, 4.69) is 35.3 Å². The standard InChI is InChI=1S/C25H17N3/c1-2-9-18(10-3-1)24-25(28-23-15-7-6-14-22(23)27-24)21-13-5-4-12-20(21)19-11-8-16-26-17-19/h1-17H. The molecule has 3 heteroatoms. The molecule has 0 bridgehead atoms. The van der Waals surface area contributed by atoms with E-state index in [0.717, 1.165) is 44.7 Å². The summed E-state index contributed by atoms with van der Waals surface area (Å²) >= 11 is 0. The molecular weight excluding hydrogens is 342 g/mol. The lowest BCUT2D eigenvalue weighted by Crippen LogP contribution is -1.97. The van der Waals surface area contributed by atoms with Crippen molar-refractivity contribution in [2.75, 3.05) is 0 Å². The summed E-state index contributed by atoms with van der Waals surface area (Å²) < 4.78 is 0. The van der Waals surface area contributed by atoms with Gasteiger partial charge in [-0.3, -0.25) is 4.98 Å². The summed E-state index contributed by atoms with van der Waals surface area (Å²) in [5.74, 6) is 0. The molecule has 0 saturated carbocycles. The highest BCUT2D eigenvalue weighted by atomic mass is 14.8. The number of pyridine rings is 1. The van der Waals surface area contributed by atoms with Crippen LogP contribution in [-0.2, 0) is 0 Å². The normalized spacial score (nSPS) is 10.9. The molecule has 0 amide bonds. The number of hydrogen-bond donors (Lipinski definition) is 0. The lowest BCUT2D eigenvalue weighted by Gasteiger charge is -2.14. The van der Waals surface area contributed by atoms with E-state index in [-0.39, 0.29) is 0 Å². The van der Waals surface area contributed by atoms with Crippen LogP contribution in [0.2, 0.25) is 0 Å². The number of nitrogens with zero attached hydrogens (tertiary/aromatic N) is 3. The van der Waals surface area contributed by atoms with Gasteiger partial charge in [0.05, 0.1) is 22.4 Å². The van der Waals surface area contributed by atoms with Crippen LogP contribution in [0.25, 0.3) is 44.7 Å². The summed E-state index contributed by atoms with van der Waals surface area (Å²) in [6.45, 7) is 0. The first-order valence-electron chi connectivity index (χ1n) is 9.22. The molecule has 28 heavy (non-hydrogen) atoms. The predicted molar refractivity (Wildman–Crippen MR) is 114 cm³/mol. The van der Waals surface area contributed by atoms with Crippen LogP contribution in [0.4, 0.5) is 0 Å². The van der Waals surface area contributed by atoms with E-state index in [1.54, 1.807) is 6.20 Å². The number of aromatic nitrogens is 3. The van der Waals surface area contributed by atoms with Crippen molar-refractivity contribution in [3.8, 4) is 33.6 Å². The molecule has 0 fully saturated rings. The Bertz CT molecular complexity index is 1250. The lowest BCUT2D eigenvalue weighted by atomic mass is 9.95. The summed E-state index contributed by atoms with van der Waals surface area (Å²) in [7, 11) is 0. The third-order valence-corrected chi connectivity index (χ3v) is 4.77. The molecule has 0 atom stereocenters. The average molecular weight is 359 g/mol. The molecule has 0 aliphatic rings. The molecule has 2 heterocycles. The number of benzene rings is 3. The van der Waals surface area contributed by atoms with Crippen LogP contribution in [0, 0.1) is 0 Å². The molecule has 0 saturated heterocycles. The van der Waals surface area contributed by atoms with Gasteiger partial charge in [-0.05, 0) is 23.8 Å². The van der Waals surface area contributed by atoms with Gasteiger partial charge in [-0.2, -0.15) is 0 Å². The van der Waals surface area contributed by atoms with Crippen LogP contribution in [-0.4, -0.2) is 15.0 Å². The Labute approximate surface area is 163 Å². The molecule has 3 nitrogen and oxygen atoms in total. The second kappa shape index (κ2) is 7.05. The highest BCUT2D eigenvalue weighted by Crippen LogP contribution is 2.36. The van der Waals surface area contributed by atoms with E-state index >= 15 is 0 Å². The van der Waals surface area contributed by atoms with E-state index in [0.29, 0.717) is 0 Å². The minimum atomic E-state index is 0.879. The number of hydrogen-bond acceptors (Lipinski definition) is 3. The minimum absolute atomic E-state index is 0.879. The first kappa shape index (κ1) is 16.3. The third-order valence-electron chi connectivity index (χ3n) is 4.77. The van der Waals surface area contributed by atoms with Gasteiger partial charge in [-0.15, -0.1) is 0 Å². The smallest absolute Gasteiger partial charge is 0.0979 e. The number of fused-ring (bicyclic) bond motifs is 1. The van der Waals surface area contributed by atoms with Gasteiger partial charge < -0.3 is 0 Å². The third kappa shape index (κ3) is 2.93. The van der Waals surface area contributed by atoms with Crippen LogP contribution in [0.5, 0.6) is 0 Å². The first-order valence-corrected chi connectivity index (χ1v) is 9.22. The zero-order chi connectivity index (χ0) is 18.8. The van der Waals surface area contributed by atoms with Crippen LogP contribution < -0.4 is 0 Å². The Kier molecular flexibility index (Phi) is 4.11. The molecule has 2 aromatic heterocycles. The zero-order valence-corrected chi connectivity index (χ0v) is 15.2. The second-order valence-corrected chi connectivity index (χ2v) is 6.56. The average Bonchev–Trinajstić information content (AvgIpc) is 2.79. The maximum Gasteiger partial charge on any atom is 0.0979 e. The number of para-hydroxylation sites is 2. The van der Waals surface area contributed by atoms with Crippen molar-refractivity contribution >= 4 is 11.0 Å². The highest BCUT2D eigenvalue weighted by molar-refractivity contribution is 5.91. The fourth-order valence-corrected chi connectivity index (χ4v) is 3.45. The van der Waals surface area contributed by atoms with Gasteiger partial charge in [-0.1, -0.05) is 72.8 Å². The van der Waals surface area contributed by atoms with Crippen molar-refractivity contribution in [3.63, 3.8) is 0 Å². The van der Waals surface area contributed by atoms with E-state index in [1.165, 1.54) is 0 Å². The Morgan fingerprint density at radius 2 is 1.07 bits per heavy atom. The first-order chi connectivity index (χ1) is 13.9. The van der Waals surface area contributed by atoms with Crippen LogP contribution >= 0.6 is 0 Å². The van der Waals surface area contributed by atoms with E-state index < -0.39 is 0 Å². The molecule has 132 valence electrons. The van der Waals surface area contributed by atoms with Crippen molar-refractivity contribution < 1.29 is 0 Å². The van der Waals surface area contributed by atoms with Gasteiger partial charge in [-0.25, -0.2) is 9.97 Å². The topological polar surface area (TPSA) is 38.7 Å². The highest BCUT2D eigenvalue weighted by Gasteiger charge is 2.16. The summed E-state index contributed by atoms with van der Waals surface area (Å²) in [6, 6.07) is 30.6. The molecule has 0 spiro atoms. The quantitative estimate of drug-likeness (QED) is 0.395. The Balaban J connectivity index is 1.83. The van der Waals surface area contributed by atoms with E-state index in [1.807, 2.05) is 66.9 Å². The summed E-state index contributed by atoms with van der Waals surface area (Å²) in [4.78, 5) is 14.3. The molecule has 0 N–H and O–H groups in total. The molecule has 0 aliphatic carbocycles. The van der Waals surface area contributed by atoms with Crippen LogP contribution in [0.3, 0.4) is 0 Å². The Morgan fingerprint density at radius 1 is 0.464 bits per heavy atom. The molecule has 0 unspecified atom stereocenters. The van der Waals surface area contributed by atoms with Gasteiger partial charge in [0.15, 0.2) is 0 Å². The molecule has 5 rings (SSSR count). The van der Waals surface area contributed by atoms with Crippen molar-refractivity contribution in [3.05, 3.63) is 103 Å². The summed E-state index contributed by atoms with van der Waals surface area (Å²) in [5, 5.41) is 0. The molecule has 0 radical (unpaired) electrons. The van der Waals surface area contributed by atoms with Gasteiger partial charge in [0, 0.05) is 29.1 Å². The van der Waals surface area contributed by atoms with Gasteiger partial charge in [0.25, 0.3) is 0 Å². The minimum Gasteiger partial charge on any atom is -0.264 e. The van der Waals surface area contributed by atoms with Gasteiger partial charge >= 0.3 is 0 Å². The molecular formula is C25H17N3. The maximum absolute atomic E-state index is 5.03. The summed E-state index contributed by atoms with van der Waals surface area (Å²) in [6.07, 6.45) is 3.67. The summed E-state index contributed by atoms with van der Waals surface area (Å²) in [5.41, 5.74) is 7.80. The predicted octanol–water partition coefficient (Wildman–Crippen LogP) is 6.03. The van der Waals surface area contributed by atoms with E-state index in [4.69, 9.17) is 9.97 Å². The van der Waals surface area contributed by atoms with Crippen molar-refractivity contribution in [2.24, 2.45) is 0 Å². The zero-order valence-electron chi connectivity index (χ0n) is 15.2. The largest absolute Gasteiger partial charge is 0.264 e. The fraction of sp³-hybridized carbons (Fsp3) is 0. The SMILES string of the molecule is c1ccc(-c2nc3ccccc3nc2-c2ccccc2-c2cccnc2)cc1. The monoisotopic (exact) mass is 359 g/mol. The Morgan fingerprint density at radius 3 is 1.79 bits per heavy atom. The van der Waals surface area contributed by atoms with Gasteiger partial charge in [0.1, 0.15) is 0 Å². The van der Waals surface area contributed by atoms with Crippen molar-refractivity contribution in [2.45, 2.75) is 0 Å². The molecule has 0 aliphatic heterocycles. The van der Waals surface area contributed by atoms with Crippen molar-refractivity contribution in [1.29, 1.82) is 0 Å². The maximum atomic E-state index is 5.03. The van der Waals surface area contributed by atoms with Crippen molar-refractivity contribution in [1.82, 2.24) is 15.0 Å².